The third kappa shape index (κ3) is 8.33. The fourth-order valence-electron chi connectivity index (χ4n) is 3.57. The molecule has 2 aromatic carbocycles. The monoisotopic (exact) mass is 507 g/mol. The number of nitrogens with zero attached hydrogens (tertiary/aromatic N) is 2. The average molecular weight is 508 g/mol. The van der Waals surface area contributed by atoms with E-state index in [-0.39, 0.29) is 12.5 Å². The van der Waals surface area contributed by atoms with Crippen molar-refractivity contribution in [1.82, 2.24) is 10.2 Å². The van der Waals surface area contributed by atoms with Gasteiger partial charge in [-0.2, -0.15) is 0 Å². The molecule has 2 aromatic rings. The van der Waals surface area contributed by atoms with E-state index in [4.69, 9.17) is 11.6 Å². The minimum absolute atomic E-state index is 0.270. The lowest BCUT2D eigenvalue weighted by atomic mass is 10.1. The number of hydrogen-bond acceptors (Lipinski definition) is 4. The van der Waals surface area contributed by atoms with E-state index in [1.807, 2.05) is 58.0 Å². The van der Waals surface area contributed by atoms with Crippen LogP contribution >= 0.6 is 11.6 Å². The number of sulfonamides is 1. The largest absolute Gasteiger partial charge is 0.350 e. The standard InChI is InChI=1S/C25H34ClN3O4S/c1-6-22(24(31)27-25(2,3)4)28(17-16-19-10-8-7-9-11-19)23(30)18-29(34(5,32)33)21-14-12-20(26)13-15-21/h7-15,22H,6,16-18H2,1-5H3,(H,27,31)/t22-/m1/s1. The Hall–Kier alpha value is -2.58. The van der Waals surface area contributed by atoms with Gasteiger partial charge in [-0.3, -0.25) is 13.9 Å². The van der Waals surface area contributed by atoms with Crippen LogP contribution in [0.2, 0.25) is 5.02 Å². The predicted molar refractivity (Wildman–Crippen MR) is 137 cm³/mol. The Morgan fingerprint density at radius 3 is 2.12 bits per heavy atom. The smallest absolute Gasteiger partial charge is 0.244 e. The maximum atomic E-state index is 13.5. The van der Waals surface area contributed by atoms with Gasteiger partial charge in [-0.05, 0) is 63.4 Å². The lowest BCUT2D eigenvalue weighted by Gasteiger charge is -2.34. The molecule has 0 spiro atoms. The number of anilines is 1. The van der Waals surface area contributed by atoms with Gasteiger partial charge in [-0.25, -0.2) is 8.42 Å². The van der Waals surface area contributed by atoms with Crippen molar-refractivity contribution < 1.29 is 18.0 Å². The van der Waals surface area contributed by atoms with Crippen LogP contribution in [0.25, 0.3) is 0 Å². The molecule has 1 N–H and O–H groups in total. The summed E-state index contributed by atoms with van der Waals surface area (Å²) in [7, 11) is -3.77. The summed E-state index contributed by atoms with van der Waals surface area (Å²) in [5.74, 6) is -0.721. The van der Waals surface area contributed by atoms with Gasteiger partial charge in [0.05, 0.1) is 11.9 Å². The van der Waals surface area contributed by atoms with Gasteiger partial charge in [-0.15, -0.1) is 0 Å². The van der Waals surface area contributed by atoms with Crippen molar-refractivity contribution in [3.8, 4) is 0 Å². The quantitative estimate of drug-likeness (QED) is 0.529. The van der Waals surface area contributed by atoms with Gasteiger partial charge in [0.25, 0.3) is 0 Å². The molecule has 2 amide bonds. The highest BCUT2D eigenvalue weighted by atomic mass is 35.5. The fraction of sp³-hybridized carbons (Fsp3) is 0.440. The Morgan fingerprint density at radius 1 is 1.03 bits per heavy atom. The Balaban J connectivity index is 2.36. The van der Waals surface area contributed by atoms with E-state index in [9.17, 15) is 18.0 Å². The molecule has 0 aliphatic heterocycles. The number of carbonyl (C=O) groups excluding carboxylic acids is 2. The number of benzene rings is 2. The summed E-state index contributed by atoms with van der Waals surface area (Å²) in [6.45, 7) is 7.31. The number of rotatable bonds is 10. The second-order valence-corrected chi connectivity index (χ2v) is 11.6. The first-order valence-electron chi connectivity index (χ1n) is 11.2. The van der Waals surface area contributed by atoms with E-state index in [2.05, 4.69) is 5.32 Å². The lowest BCUT2D eigenvalue weighted by Crippen LogP contribution is -2.56. The molecule has 7 nitrogen and oxygen atoms in total. The summed E-state index contributed by atoms with van der Waals surface area (Å²) in [5, 5.41) is 3.40. The Morgan fingerprint density at radius 2 is 1.62 bits per heavy atom. The third-order valence-corrected chi connectivity index (χ3v) is 6.55. The predicted octanol–water partition coefficient (Wildman–Crippen LogP) is 3.87. The molecule has 0 radical (unpaired) electrons. The van der Waals surface area contributed by atoms with Gasteiger partial charge in [0, 0.05) is 17.1 Å². The third-order valence-electron chi connectivity index (χ3n) is 5.16. The molecule has 1 atom stereocenters. The van der Waals surface area contributed by atoms with Crippen LogP contribution < -0.4 is 9.62 Å². The van der Waals surface area contributed by atoms with Crippen LogP contribution in [0.15, 0.2) is 54.6 Å². The molecule has 2 rings (SSSR count). The average Bonchev–Trinajstić information content (AvgIpc) is 2.74. The van der Waals surface area contributed by atoms with Gasteiger partial charge in [-0.1, -0.05) is 48.9 Å². The summed E-state index contributed by atoms with van der Waals surface area (Å²) in [6.07, 6.45) is 1.97. The minimum Gasteiger partial charge on any atom is -0.350 e. The van der Waals surface area contributed by atoms with Crippen LogP contribution in [0.5, 0.6) is 0 Å². The summed E-state index contributed by atoms with van der Waals surface area (Å²) >= 11 is 5.95. The maximum absolute atomic E-state index is 13.5. The number of nitrogens with one attached hydrogen (secondary N) is 1. The fourth-order valence-corrected chi connectivity index (χ4v) is 4.55. The second-order valence-electron chi connectivity index (χ2n) is 9.23. The zero-order chi connectivity index (χ0) is 25.5. The molecule has 0 fully saturated rings. The van der Waals surface area contributed by atoms with E-state index >= 15 is 0 Å². The van der Waals surface area contributed by atoms with Gasteiger partial charge in [0.1, 0.15) is 12.6 Å². The summed E-state index contributed by atoms with van der Waals surface area (Å²) < 4.78 is 26.2. The van der Waals surface area contributed by atoms with Crippen molar-refractivity contribution in [3.05, 3.63) is 65.2 Å². The van der Waals surface area contributed by atoms with E-state index in [1.54, 1.807) is 24.3 Å². The first kappa shape index (κ1) is 27.7. The van der Waals surface area contributed by atoms with Gasteiger partial charge in [0.15, 0.2) is 0 Å². The van der Waals surface area contributed by atoms with Crippen molar-refractivity contribution in [2.75, 3.05) is 23.7 Å². The molecular formula is C25H34ClN3O4S. The molecule has 0 heterocycles. The highest BCUT2D eigenvalue weighted by Gasteiger charge is 2.32. The SMILES string of the molecule is CC[C@H](C(=O)NC(C)(C)C)N(CCc1ccccc1)C(=O)CN(c1ccc(Cl)cc1)S(C)(=O)=O. The first-order valence-corrected chi connectivity index (χ1v) is 13.4. The topological polar surface area (TPSA) is 86.8 Å². The van der Waals surface area contributed by atoms with Gasteiger partial charge >= 0.3 is 0 Å². The van der Waals surface area contributed by atoms with Gasteiger partial charge in [0.2, 0.25) is 21.8 Å². The number of amides is 2. The Kier molecular flexibility index (Phi) is 9.53. The zero-order valence-electron chi connectivity index (χ0n) is 20.4. The summed E-state index contributed by atoms with van der Waals surface area (Å²) in [5.41, 5.74) is 0.875. The molecule has 186 valence electrons. The van der Waals surface area contributed by atoms with Gasteiger partial charge < -0.3 is 10.2 Å². The number of carbonyl (C=O) groups is 2. The minimum atomic E-state index is -3.77. The van der Waals surface area contributed by atoms with Crippen LogP contribution in [-0.4, -0.2) is 56.1 Å². The number of hydrogen-bond donors (Lipinski definition) is 1. The van der Waals surface area contributed by atoms with Crippen molar-refractivity contribution in [2.24, 2.45) is 0 Å². The zero-order valence-corrected chi connectivity index (χ0v) is 22.0. The molecular weight excluding hydrogens is 474 g/mol. The molecule has 0 aliphatic carbocycles. The van der Waals surface area contributed by atoms with E-state index in [0.717, 1.165) is 16.1 Å². The van der Waals surface area contributed by atoms with E-state index in [0.29, 0.717) is 23.6 Å². The van der Waals surface area contributed by atoms with Crippen molar-refractivity contribution in [3.63, 3.8) is 0 Å². The molecule has 9 heteroatoms. The molecule has 34 heavy (non-hydrogen) atoms. The maximum Gasteiger partial charge on any atom is 0.244 e. The van der Waals surface area contributed by atoms with Crippen LogP contribution in [0.3, 0.4) is 0 Å². The van der Waals surface area contributed by atoms with Crippen LogP contribution in [0, 0.1) is 0 Å². The lowest BCUT2D eigenvalue weighted by molar-refractivity contribution is -0.140. The molecule has 0 saturated heterocycles. The Labute approximate surface area is 208 Å². The molecule has 0 saturated carbocycles. The summed E-state index contributed by atoms with van der Waals surface area (Å²) in [4.78, 5) is 28.1. The van der Waals surface area contributed by atoms with Crippen LogP contribution in [-0.2, 0) is 26.0 Å². The van der Waals surface area contributed by atoms with E-state index < -0.39 is 34.1 Å². The summed E-state index contributed by atoms with van der Waals surface area (Å²) in [6, 6.07) is 15.1. The molecule has 0 aromatic heterocycles. The molecule has 0 aliphatic rings. The Bertz CT molecular complexity index is 1070. The first-order chi connectivity index (χ1) is 15.8. The van der Waals surface area contributed by atoms with Crippen molar-refractivity contribution >= 4 is 39.1 Å². The normalized spacial score (nSPS) is 12.6. The highest BCUT2D eigenvalue weighted by Crippen LogP contribution is 2.21. The van der Waals surface area contributed by atoms with Crippen LogP contribution in [0.1, 0.15) is 39.7 Å². The molecule has 0 unspecified atom stereocenters. The van der Waals surface area contributed by atoms with Crippen molar-refractivity contribution in [2.45, 2.75) is 52.1 Å². The van der Waals surface area contributed by atoms with Crippen molar-refractivity contribution in [1.29, 1.82) is 0 Å². The second kappa shape index (κ2) is 11.7. The molecule has 0 bridgehead atoms. The van der Waals surface area contributed by atoms with E-state index in [1.165, 1.54) is 4.90 Å². The number of halogens is 1. The highest BCUT2D eigenvalue weighted by molar-refractivity contribution is 7.92. The van der Waals surface area contributed by atoms with Crippen LogP contribution in [0.4, 0.5) is 5.69 Å².